The summed E-state index contributed by atoms with van der Waals surface area (Å²) in [5.74, 6) is 0.737. The molecule has 3 aromatic rings. The van der Waals surface area contributed by atoms with E-state index >= 15 is 0 Å². The van der Waals surface area contributed by atoms with Gasteiger partial charge in [-0.1, -0.05) is 35.9 Å². The van der Waals surface area contributed by atoms with E-state index in [2.05, 4.69) is 10.6 Å². The van der Waals surface area contributed by atoms with Crippen molar-refractivity contribution in [1.29, 1.82) is 0 Å². The molecule has 0 aliphatic heterocycles. The van der Waals surface area contributed by atoms with Crippen LogP contribution in [0.3, 0.4) is 0 Å². The first-order valence-electron chi connectivity index (χ1n) is 12.3. The number of carbonyl (C=O) groups is 2. The normalized spacial score (nSPS) is 17.9. The Hall–Kier alpha value is -2.90. The topological polar surface area (TPSA) is 80.3 Å². The number of amides is 2. The SMILES string of the molecule is CC(C)(C)OC(=O)CC1CCC(c2ncc(-c3ccc(NC(=O)Nc4ccccc4Cl)cc3)s2)CC1. The number of urea groups is 1. The van der Waals surface area contributed by atoms with E-state index in [-0.39, 0.29) is 12.0 Å². The summed E-state index contributed by atoms with van der Waals surface area (Å²) >= 11 is 7.82. The maximum Gasteiger partial charge on any atom is 0.323 e. The molecule has 0 spiro atoms. The van der Waals surface area contributed by atoms with Crippen molar-refractivity contribution in [2.24, 2.45) is 5.92 Å². The van der Waals surface area contributed by atoms with E-state index in [1.165, 1.54) is 0 Å². The molecule has 2 amide bonds. The summed E-state index contributed by atoms with van der Waals surface area (Å²) in [5.41, 5.74) is 1.89. The molecule has 0 saturated heterocycles. The van der Waals surface area contributed by atoms with Gasteiger partial charge in [0.15, 0.2) is 0 Å². The average molecular weight is 526 g/mol. The number of halogens is 1. The first kappa shape index (κ1) is 26.2. The van der Waals surface area contributed by atoms with E-state index in [4.69, 9.17) is 21.3 Å². The minimum atomic E-state index is -0.428. The molecule has 1 fully saturated rings. The lowest BCUT2D eigenvalue weighted by Gasteiger charge is -2.28. The van der Waals surface area contributed by atoms with Gasteiger partial charge in [0.2, 0.25) is 0 Å². The summed E-state index contributed by atoms with van der Waals surface area (Å²) < 4.78 is 5.48. The summed E-state index contributed by atoms with van der Waals surface area (Å²) in [6, 6.07) is 14.5. The molecule has 0 unspecified atom stereocenters. The smallest absolute Gasteiger partial charge is 0.323 e. The van der Waals surface area contributed by atoms with Gasteiger partial charge in [0.05, 0.1) is 20.6 Å². The largest absolute Gasteiger partial charge is 0.460 e. The molecule has 1 heterocycles. The Morgan fingerprint density at radius 3 is 2.39 bits per heavy atom. The molecule has 1 aliphatic carbocycles. The van der Waals surface area contributed by atoms with Gasteiger partial charge in [0.25, 0.3) is 0 Å². The number of benzene rings is 2. The maximum atomic E-state index is 12.3. The monoisotopic (exact) mass is 525 g/mol. The Balaban J connectivity index is 1.28. The zero-order valence-electron chi connectivity index (χ0n) is 20.8. The number of hydrogen-bond acceptors (Lipinski definition) is 5. The van der Waals surface area contributed by atoms with Crippen molar-refractivity contribution in [3.63, 3.8) is 0 Å². The first-order valence-corrected chi connectivity index (χ1v) is 13.5. The second kappa shape index (κ2) is 11.4. The third-order valence-corrected chi connectivity index (χ3v) is 7.68. The quantitative estimate of drug-likeness (QED) is 0.318. The minimum absolute atomic E-state index is 0.0956. The highest BCUT2D eigenvalue weighted by Gasteiger charge is 2.27. The Morgan fingerprint density at radius 1 is 1.03 bits per heavy atom. The van der Waals surface area contributed by atoms with Crippen LogP contribution in [0.2, 0.25) is 5.02 Å². The second-order valence-electron chi connectivity index (χ2n) is 10.2. The van der Waals surface area contributed by atoms with E-state index in [1.807, 2.05) is 63.4 Å². The van der Waals surface area contributed by atoms with Crippen LogP contribution in [-0.4, -0.2) is 22.6 Å². The number of esters is 1. The molecule has 36 heavy (non-hydrogen) atoms. The third kappa shape index (κ3) is 7.31. The summed E-state index contributed by atoms with van der Waals surface area (Å²) in [6.07, 6.45) is 6.57. The summed E-state index contributed by atoms with van der Waals surface area (Å²) in [5, 5.41) is 7.22. The molecular formula is C28H32ClN3O3S. The fraction of sp³-hybridized carbons (Fsp3) is 0.393. The highest BCUT2D eigenvalue weighted by Crippen LogP contribution is 2.40. The highest BCUT2D eigenvalue weighted by atomic mass is 35.5. The number of nitrogens with zero attached hydrogens (tertiary/aromatic N) is 1. The van der Waals surface area contributed by atoms with Gasteiger partial charge in [-0.05, 0) is 82.2 Å². The van der Waals surface area contributed by atoms with Crippen molar-refractivity contribution < 1.29 is 14.3 Å². The number of carbonyl (C=O) groups excluding carboxylic acids is 2. The van der Waals surface area contributed by atoms with Gasteiger partial charge >= 0.3 is 12.0 Å². The van der Waals surface area contributed by atoms with E-state index in [0.717, 1.165) is 41.1 Å². The molecule has 1 aliphatic rings. The second-order valence-corrected chi connectivity index (χ2v) is 11.7. The molecule has 1 aromatic heterocycles. The molecule has 190 valence electrons. The van der Waals surface area contributed by atoms with Crippen LogP contribution in [0.1, 0.15) is 63.8 Å². The van der Waals surface area contributed by atoms with Gasteiger partial charge in [-0.3, -0.25) is 4.79 Å². The molecule has 0 radical (unpaired) electrons. The molecule has 4 rings (SSSR count). The Kier molecular flexibility index (Phi) is 8.32. The van der Waals surface area contributed by atoms with Crippen LogP contribution in [-0.2, 0) is 9.53 Å². The van der Waals surface area contributed by atoms with Gasteiger partial charge in [-0.25, -0.2) is 9.78 Å². The minimum Gasteiger partial charge on any atom is -0.460 e. The first-order chi connectivity index (χ1) is 17.2. The zero-order valence-corrected chi connectivity index (χ0v) is 22.4. The van der Waals surface area contributed by atoms with E-state index in [1.54, 1.807) is 23.5 Å². The third-order valence-electron chi connectivity index (χ3n) is 6.14. The zero-order chi connectivity index (χ0) is 25.7. The van der Waals surface area contributed by atoms with Gasteiger partial charge < -0.3 is 15.4 Å². The number of aromatic nitrogens is 1. The van der Waals surface area contributed by atoms with Crippen LogP contribution in [0.5, 0.6) is 0 Å². The molecule has 0 atom stereocenters. The fourth-order valence-corrected chi connectivity index (χ4v) is 5.68. The van der Waals surface area contributed by atoms with Crippen LogP contribution >= 0.6 is 22.9 Å². The van der Waals surface area contributed by atoms with Gasteiger partial charge in [-0.15, -0.1) is 11.3 Å². The van der Waals surface area contributed by atoms with Crippen LogP contribution < -0.4 is 10.6 Å². The van der Waals surface area contributed by atoms with Crippen molar-refractivity contribution in [2.75, 3.05) is 10.6 Å². The lowest BCUT2D eigenvalue weighted by molar-refractivity contribution is -0.156. The summed E-state index contributed by atoms with van der Waals surface area (Å²) in [6.45, 7) is 5.72. The number of thiazole rings is 1. The van der Waals surface area contributed by atoms with Crippen molar-refractivity contribution in [3.05, 3.63) is 64.8 Å². The predicted octanol–water partition coefficient (Wildman–Crippen LogP) is 8.11. The molecule has 6 nitrogen and oxygen atoms in total. The standard InChI is InChI=1S/C28H32ClN3O3S/c1-28(2,3)35-25(33)16-18-8-10-20(11-9-18)26-30-17-24(36-26)19-12-14-21(15-13-19)31-27(34)32-23-7-5-4-6-22(23)29/h4-7,12-15,17-18,20H,8-11,16H2,1-3H3,(H2,31,32,34). The molecule has 8 heteroatoms. The maximum absolute atomic E-state index is 12.3. The number of hydrogen-bond donors (Lipinski definition) is 2. The van der Waals surface area contributed by atoms with Crippen LogP contribution in [0, 0.1) is 5.92 Å². The molecule has 1 saturated carbocycles. The lowest BCUT2D eigenvalue weighted by atomic mass is 9.81. The lowest BCUT2D eigenvalue weighted by Crippen LogP contribution is -2.26. The Bertz CT molecular complexity index is 1200. The van der Waals surface area contributed by atoms with Crippen molar-refractivity contribution >= 4 is 46.3 Å². The van der Waals surface area contributed by atoms with Gasteiger partial charge in [0, 0.05) is 24.2 Å². The Morgan fingerprint density at radius 2 is 1.72 bits per heavy atom. The predicted molar refractivity (Wildman–Crippen MR) is 147 cm³/mol. The number of para-hydroxylation sites is 1. The van der Waals surface area contributed by atoms with E-state index < -0.39 is 5.60 Å². The molecule has 2 aromatic carbocycles. The van der Waals surface area contributed by atoms with Crippen molar-refractivity contribution in [2.45, 2.75) is 64.4 Å². The van der Waals surface area contributed by atoms with E-state index in [9.17, 15) is 9.59 Å². The van der Waals surface area contributed by atoms with Crippen LogP contribution in [0.15, 0.2) is 54.7 Å². The van der Waals surface area contributed by atoms with Crippen LogP contribution in [0.25, 0.3) is 10.4 Å². The number of anilines is 2. The number of nitrogens with one attached hydrogen (secondary N) is 2. The van der Waals surface area contributed by atoms with Crippen molar-refractivity contribution in [1.82, 2.24) is 4.98 Å². The van der Waals surface area contributed by atoms with Crippen LogP contribution in [0.4, 0.5) is 16.2 Å². The fourth-order valence-electron chi connectivity index (χ4n) is 4.41. The Labute approximate surface area is 221 Å². The van der Waals surface area contributed by atoms with Gasteiger partial charge in [0.1, 0.15) is 5.60 Å². The number of ether oxygens (including phenoxy) is 1. The van der Waals surface area contributed by atoms with E-state index in [0.29, 0.717) is 34.7 Å². The highest BCUT2D eigenvalue weighted by molar-refractivity contribution is 7.15. The summed E-state index contributed by atoms with van der Waals surface area (Å²) in [7, 11) is 0. The molecular weight excluding hydrogens is 494 g/mol. The summed E-state index contributed by atoms with van der Waals surface area (Å²) in [4.78, 5) is 30.3. The van der Waals surface area contributed by atoms with Gasteiger partial charge in [-0.2, -0.15) is 0 Å². The molecule has 0 bridgehead atoms. The number of rotatable bonds is 6. The average Bonchev–Trinajstić information content (AvgIpc) is 3.31. The van der Waals surface area contributed by atoms with Crippen molar-refractivity contribution in [3.8, 4) is 10.4 Å². The molecule has 2 N–H and O–H groups in total.